The first-order chi connectivity index (χ1) is 15.7. The molecular weight excluding hydrogens is 439 g/mol. The van der Waals surface area contributed by atoms with Crippen molar-refractivity contribution in [2.45, 2.75) is 19.1 Å². The maximum absolute atomic E-state index is 13.3. The van der Waals surface area contributed by atoms with E-state index in [4.69, 9.17) is 9.47 Å². The number of methoxy groups -OCH3 is 2. The van der Waals surface area contributed by atoms with Gasteiger partial charge in [-0.2, -0.15) is 23.3 Å². The van der Waals surface area contributed by atoms with Crippen LogP contribution < -0.4 is 20.1 Å². The van der Waals surface area contributed by atoms with Crippen LogP contribution in [0.15, 0.2) is 60.1 Å². The van der Waals surface area contributed by atoms with Crippen LogP contribution in [0.3, 0.4) is 0 Å². The van der Waals surface area contributed by atoms with Gasteiger partial charge in [-0.3, -0.25) is 4.79 Å². The Bertz CT molecular complexity index is 1240. The highest BCUT2D eigenvalue weighted by Gasteiger charge is 2.35. The normalized spacial score (nSPS) is 15.5. The predicted octanol–water partition coefficient (Wildman–Crippen LogP) is 4.24. The van der Waals surface area contributed by atoms with Crippen molar-refractivity contribution in [3.63, 3.8) is 0 Å². The van der Waals surface area contributed by atoms with Crippen LogP contribution in [0, 0.1) is 0 Å². The topological polar surface area (TPSA) is 90.3 Å². The van der Waals surface area contributed by atoms with E-state index in [0.29, 0.717) is 28.7 Å². The van der Waals surface area contributed by atoms with Crippen LogP contribution in [0.2, 0.25) is 0 Å². The van der Waals surface area contributed by atoms with Gasteiger partial charge in [-0.25, -0.2) is 4.68 Å². The van der Waals surface area contributed by atoms with Gasteiger partial charge in [-0.05, 0) is 42.8 Å². The van der Waals surface area contributed by atoms with Crippen LogP contribution in [0.4, 0.5) is 24.8 Å². The number of fused-ring (bicyclic) bond motifs is 1. The van der Waals surface area contributed by atoms with Gasteiger partial charge < -0.3 is 20.1 Å². The number of nitrogens with zero attached hydrogens (tertiary/aromatic N) is 3. The number of hydrogen-bond acceptors (Lipinski definition) is 6. The minimum absolute atomic E-state index is 0.0190. The highest BCUT2D eigenvalue weighted by Crippen LogP contribution is 2.39. The maximum atomic E-state index is 13.3. The zero-order chi connectivity index (χ0) is 23.8. The molecule has 2 aromatic carbocycles. The largest absolute Gasteiger partial charge is 0.493 e. The van der Waals surface area contributed by atoms with E-state index in [1.54, 1.807) is 25.1 Å². The van der Waals surface area contributed by atoms with E-state index in [9.17, 15) is 18.0 Å². The number of allylic oxidation sites excluding steroid dienone is 1. The van der Waals surface area contributed by atoms with Crippen molar-refractivity contribution in [1.82, 2.24) is 14.8 Å². The molecule has 3 aromatic rings. The average Bonchev–Trinajstić information content (AvgIpc) is 3.25. The zero-order valence-corrected chi connectivity index (χ0v) is 17.9. The molecule has 1 aliphatic rings. The zero-order valence-electron chi connectivity index (χ0n) is 17.9. The van der Waals surface area contributed by atoms with Crippen molar-refractivity contribution in [3.05, 3.63) is 71.2 Å². The fourth-order valence-electron chi connectivity index (χ4n) is 3.69. The van der Waals surface area contributed by atoms with Gasteiger partial charge in [0.2, 0.25) is 5.95 Å². The second-order valence-electron chi connectivity index (χ2n) is 7.24. The van der Waals surface area contributed by atoms with Crippen LogP contribution in [0.1, 0.15) is 24.1 Å². The number of carbonyl (C=O) groups excluding carboxylic acids is 1. The lowest BCUT2D eigenvalue weighted by Crippen LogP contribution is -2.31. The molecule has 0 saturated heterocycles. The molecule has 11 heteroatoms. The first-order valence-electron chi connectivity index (χ1n) is 9.80. The Labute approximate surface area is 187 Å². The van der Waals surface area contributed by atoms with Crippen LogP contribution in [-0.2, 0) is 11.0 Å². The SMILES string of the molecule is COc1ccc([C@H]2C(C(=O)Nc3cccc(C(F)(F)F)c3)=C(C)Nc3ncnn32)cc1OC. The molecule has 1 aromatic heterocycles. The van der Waals surface area contributed by atoms with Crippen molar-refractivity contribution in [2.75, 3.05) is 24.9 Å². The van der Waals surface area contributed by atoms with Gasteiger partial charge in [0, 0.05) is 11.4 Å². The Kier molecular flexibility index (Phi) is 5.71. The first kappa shape index (κ1) is 22.2. The van der Waals surface area contributed by atoms with Gasteiger partial charge >= 0.3 is 6.18 Å². The second kappa shape index (κ2) is 8.49. The second-order valence-corrected chi connectivity index (χ2v) is 7.24. The molecule has 0 aliphatic carbocycles. The molecule has 0 bridgehead atoms. The van der Waals surface area contributed by atoms with E-state index >= 15 is 0 Å². The van der Waals surface area contributed by atoms with Gasteiger partial charge in [0.15, 0.2) is 11.5 Å². The molecule has 1 atom stereocenters. The lowest BCUT2D eigenvalue weighted by atomic mass is 9.94. The van der Waals surface area contributed by atoms with Gasteiger partial charge in [-0.15, -0.1) is 0 Å². The number of halogens is 3. The number of nitrogens with one attached hydrogen (secondary N) is 2. The van der Waals surface area contributed by atoms with Crippen LogP contribution in [0.5, 0.6) is 11.5 Å². The van der Waals surface area contributed by atoms with E-state index in [-0.39, 0.29) is 11.3 Å². The van der Waals surface area contributed by atoms with Crippen molar-refractivity contribution in [1.29, 1.82) is 0 Å². The molecule has 1 amide bonds. The minimum atomic E-state index is -4.53. The molecule has 2 N–H and O–H groups in total. The van der Waals surface area contributed by atoms with Crippen molar-refractivity contribution in [3.8, 4) is 11.5 Å². The molecule has 172 valence electrons. The Balaban J connectivity index is 1.75. The average molecular weight is 459 g/mol. The summed E-state index contributed by atoms with van der Waals surface area (Å²) in [6.07, 6.45) is -3.18. The van der Waals surface area contributed by atoms with Crippen LogP contribution in [-0.4, -0.2) is 34.9 Å². The number of hydrogen-bond donors (Lipinski definition) is 2. The lowest BCUT2D eigenvalue weighted by molar-refractivity contribution is -0.137. The lowest BCUT2D eigenvalue weighted by Gasteiger charge is -2.29. The number of alkyl halides is 3. The number of anilines is 2. The van der Waals surface area contributed by atoms with Crippen molar-refractivity contribution < 1.29 is 27.4 Å². The molecule has 0 saturated carbocycles. The molecule has 0 fully saturated rings. The summed E-state index contributed by atoms with van der Waals surface area (Å²) in [6, 6.07) is 8.91. The van der Waals surface area contributed by atoms with E-state index < -0.39 is 23.7 Å². The summed E-state index contributed by atoms with van der Waals surface area (Å²) in [5, 5.41) is 9.83. The summed E-state index contributed by atoms with van der Waals surface area (Å²) in [5.74, 6) is 0.790. The van der Waals surface area contributed by atoms with E-state index in [0.717, 1.165) is 12.1 Å². The molecule has 8 nitrogen and oxygen atoms in total. The Morgan fingerprint density at radius 2 is 1.88 bits per heavy atom. The van der Waals surface area contributed by atoms with Gasteiger partial charge in [0.25, 0.3) is 5.91 Å². The summed E-state index contributed by atoms with van der Waals surface area (Å²) in [5.41, 5.74) is 0.556. The van der Waals surface area contributed by atoms with E-state index in [1.807, 2.05) is 0 Å². The molecule has 0 spiro atoms. The molecule has 0 radical (unpaired) electrons. The number of aromatic nitrogens is 3. The number of amides is 1. The number of carbonyl (C=O) groups is 1. The summed E-state index contributed by atoms with van der Waals surface area (Å²) < 4.78 is 51.5. The third-order valence-corrected chi connectivity index (χ3v) is 5.21. The van der Waals surface area contributed by atoms with Crippen molar-refractivity contribution in [2.24, 2.45) is 0 Å². The Morgan fingerprint density at radius 1 is 1.12 bits per heavy atom. The van der Waals surface area contributed by atoms with Gasteiger partial charge in [0.05, 0.1) is 25.4 Å². The minimum Gasteiger partial charge on any atom is -0.493 e. The van der Waals surface area contributed by atoms with E-state index in [2.05, 4.69) is 20.7 Å². The standard InChI is InChI=1S/C22H20F3N5O3/c1-12-18(20(31)29-15-6-4-5-14(10-15)22(23,24)25)19(30-21(28-12)26-11-27-30)13-7-8-16(32-2)17(9-13)33-3/h4-11,19H,1-3H3,(H,29,31)(H,26,27,28)/t19-/m0/s1. The highest BCUT2D eigenvalue weighted by atomic mass is 19.4. The smallest absolute Gasteiger partial charge is 0.416 e. The van der Waals surface area contributed by atoms with Crippen LogP contribution in [0.25, 0.3) is 0 Å². The van der Waals surface area contributed by atoms with Crippen molar-refractivity contribution >= 4 is 17.5 Å². The molecule has 33 heavy (non-hydrogen) atoms. The molecule has 2 heterocycles. The first-order valence-corrected chi connectivity index (χ1v) is 9.80. The van der Waals surface area contributed by atoms with Gasteiger partial charge in [0.1, 0.15) is 12.4 Å². The monoisotopic (exact) mass is 459 g/mol. The van der Waals surface area contributed by atoms with E-state index in [1.165, 1.54) is 37.4 Å². The number of ether oxygens (including phenoxy) is 2. The fraction of sp³-hybridized carbons (Fsp3) is 0.227. The molecule has 1 aliphatic heterocycles. The summed E-state index contributed by atoms with van der Waals surface area (Å²) in [7, 11) is 3.00. The molecule has 4 rings (SSSR count). The fourth-order valence-corrected chi connectivity index (χ4v) is 3.69. The quantitative estimate of drug-likeness (QED) is 0.593. The van der Waals surface area contributed by atoms with Gasteiger partial charge in [-0.1, -0.05) is 12.1 Å². The molecular formula is C22H20F3N5O3. The summed E-state index contributed by atoms with van der Waals surface area (Å²) in [4.78, 5) is 17.5. The van der Waals surface area contributed by atoms with Crippen LogP contribution >= 0.6 is 0 Å². The highest BCUT2D eigenvalue weighted by molar-refractivity contribution is 6.06. The summed E-state index contributed by atoms with van der Waals surface area (Å²) in [6.45, 7) is 1.69. The predicted molar refractivity (Wildman–Crippen MR) is 114 cm³/mol. The third-order valence-electron chi connectivity index (χ3n) is 5.21. The Morgan fingerprint density at radius 3 is 2.58 bits per heavy atom. The number of rotatable bonds is 5. The summed E-state index contributed by atoms with van der Waals surface area (Å²) >= 11 is 0. The maximum Gasteiger partial charge on any atom is 0.416 e. The number of benzene rings is 2. The third kappa shape index (κ3) is 4.21. The molecule has 0 unspecified atom stereocenters. The Hall–Kier alpha value is -4.02.